The third-order valence-electron chi connectivity index (χ3n) is 5.14. The molecule has 10 heteroatoms. The monoisotopic (exact) mass is 428 g/mol. The predicted octanol–water partition coefficient (Wildman–Crippen LogP) is 3.37. The quantitative estimate of drug-likeness (QED) is 0.755. The molecule has 4 rings (SSSR count). The first-order valence-corrected chi connectivity index (χ1v) is 9.51. The highest BCUT2D eigenvalue weighted by atomic mass is 19.4. The van der Waals surface area contributed by atoms with E-state index >= 15 is 0 Å². The number of carboxylic acid groups (broad SMARTS) is 1. The van der Waals surface area contributed by atoms with Crippen LogP contribution in [-0.4, -0.2) is 59.0 Å². The van der Waals surface area contributed by atoms with Crippen molar-refractivity contribution in [2.45, 2.75) is 31.2 Å². The Morgan fingerprint density at radius 1 is 1.30 bits per heavy atom. The number of carbonyl (C=O) groups is 1. The van der Waals surface area contributed by atoms with Crippen LogP contribution < -0.4 is 4.74 Å². The fraction of sp³-hybridized carbons (Fsp3) is 0.500. The standard InChI is InChI=1S/C18H22N2O3.C2HF3O2/c1-2-8-19-17(5-1)22-10-6-15-7-11-23-18(15)13-20(14-18)12-16-4-3-9-21-16;3-2(4,5)1(6)7/h1-5,8-9,15H,6-7,10-14H2;(H,6,7). The molecule has 0 aliphatic carbocycles. The van der Waals surface area contributed by atoms with Gasteiger partial charge in [0.15, 0.2) is 0 Å². The molecule has 2 aliphatic rings. The van der Waals surface area contributed by atoms with Gasteiger partial charge in [-0.05, 0) is 37.0 Å². The Hall–Kier alpha value is -2.59. The van der Waals surface area contributed by atoms with Crippen molar-refractivity contribution < 1.29 is 37.0 Å². The molecule has 2 aromatic heterocycles. The lowest BCUT2D eigenvalue weighted by Crippen LogP contribution is -2.64. The van der Waals surface area contributed by atoms with Crippen molar-refractivity contribution in [2.24, 2.45) is 5.92 Å². The molecule has 2 aliphatic heterocycles. The molecule has 1 spiro atoms. The Balaban J connectivity index is 0.000000318. The third-order valence-corrected chi connectivity index (χ3v) is 5.14. The molecule has 0 amide bonds. The first-order chi connectivity index (χ1) is 14.3. The zero-order chi connectivity index (χ0) is 21.6. The van der Waals surface area contributed by atoms with E-state index in [1.54, 1.807) is 12.5 Å². The number of ether oxygens (including phenoxy) is 2. The predicted molar refractivity (Wildman–Crippen MR) is 98.8 cm³/mol. The van der Waals surface area contributed by atoms with Crippen LogP contribution in [0.3, 0.4) is 0 Å². The van der Waals surface area contributed by atoms with Gasteiger partial charge in [-0.3, -0.25) is 4.90 Å². The molecule has 164 valence electrons. The van der Waals surface area contributed by atoms with Crippen LogP contribution >= 0.6 is 0 Å². The van der Waals surface area contributed by atoms with Crippen LogP contribution in [0.2, 0.25) is 0 Å². The van der Waals surface area contributed by atoms with E-state index in [4.69, 9.17) is 23.8 Å². The van der Waals surface area contributed by atoms with Gasteiger partial charge < -0.3 is 19.0 Å². The van der Waals surface area contributed by atoms with Crippen LogP contribution in [-0.2, 0) is 16.1 Å². The van der Waals surface area contributed by atoms with Crippen LogP contribution in [0.5, 0.6) is 5.88 Å². The summed E-state index contributed by atoms with van der Waals surface area (Å²) in [5.41, 5.74) is 0.0278. The van der Waals surface area contributed by atoms with Gasteiger partial charge in [0.25, 0.3) is 0 Å². The van der Waals surface area contributed by atoms with Gasteiger partial charge in [0, 0.05) is 32.0 Å². The molecule has 0 radical (unpaired) electrons. The summed E-state index contributed by atoms with van der Waals surface area (Å²) in [6.07, 6.45) is 0.550. The van der Waals surface area contributed by atoms with E-state index in [2.05, 4.69) is 9.88 Å². The normalized spacial score (nSPS) is 20.3. The van der Waals surface area contributed by atoms with Crippen LogP contribution in [0.4, 0.5) is 13.2 Å². The number of hydrogen-bond donors (Lipinski definition) is 1. The summed E-state index contributed by atoms with van der Waals surface area (Å²) in [6, 6.07) is 9.71. The molecule has 2 saturated heterocycles. The molecule has 4 heterocycles. The first-order valence-electron chi connectivity index (χ1n) is 9.51. The maximum atomic E-state index is 10.6. The maximum Gasteiger partial charge on any atom is 0.490 e. The van der Waals surface area contributed by atoms with Gasteiger partial charge in [0.2, 0.25) is 5.88 Å². The highest BCUT2D eigenvalue weighted by Gasteiger charge is 2.52. The number of furan rings is 1. The van der Waals surface area contributed by atoms with Crippen LogP contribution in [0.1, 0.15) is 18.6 Å². The van der Waals surface area contributed by atoms with Crippen molar-refractivity contribution in [3.05, 3.63) is 48.6 Å². The van der Waals surface area contributed by atoms with E-state index in [0.29, 0.717) is 18.4 Å². The van der Waals surface area contributed by atoms with Gasteiger partial charge in [0.1, 0.15) is 5.76 Å². The van der Waals surface area contributed by atoms with Crippen LogP contribution in [0, 0.1) is 5.92 Å². The molecular weight excluding hydrogens is 405 g/mol. The van der Waals surface area contributed by atoms with Crippen molar-refractivity contribution >= 4 is 5.97 Å². The minimum atomic E-state index is -5.08. The number of aliphatic carboxylic acids is 1. The summed E-state index contributed by atoms with van der Waals surface area (Å²) in [5.74, 6) is -0.465. The second-order valence-corrected chi connectivity index (χ2v) is 7.23. The second kappa shape index (κ2) is 9.48. The second-order valence-electron chi connectivity index (χ2n) is 7.23. The number of nitrogens with zero attached hydrogens (tertiary/aromatic N) is 2. The smallest absolute Gasteiger partial charge is 0.478 e. The lowest BCUT2D eigenvalue weighted by Gasteiger charge is -2.50. The van der Waals surface area contributed by atoms with Crippen molar-refractivity contribution in [1.29, 1.82) is 0 Å². The highest BCUT2D eigenvalue weighted by Crippen LogP contribution is 2.42. The van der Waals surface area contributed by atoms with Gasteiger partial charge >= 0.3 is 12.1 Å². The summed E-state index contributed by atoms with van der Waals surface area (Å²) >= 11 is 0. The van der Waals surface area contributed by atoms with Crippen LogP contribution in [0.25, 0.3) is 0 Å². The van der Waals surface area contributed by atoms with E-state index in [1.165, 1.54) is 0 Å². The minimum absolute atomic E-state index is 0.0278. The number of alkyl halides is 3. The molecule has 30 heavy (non-hydrogen) atoms. The van der Waals surface area contributed by atoms with Crippen molar-refractivity contribution in [3.63, 3.8) is 0 Å². The molecule has 1 unspecified atom stereocenters. The average Bonchev–Trinajstić information content (AvgIpc) is 3.32. The van der Waals surface area contributed by atoms with E-state index in [1.807, 2.05) is 30.3 Å². The largest absolute Gasteiger partial charge is 0.490 e. The SMILES string of the molecule is O=C(O)C(F)(F)F.c1ccc(OCCC2CCOC23CN(Cc2ccco2)C3)nc1. The van der Waals surface area contributed by atoms with Gasteiger partial charge in [-0.25, -0.2) is 9.78 Å². The number of halogens is 3. The Labute approximate surface area is 171 Å². The van der Waals surface area contributed by atoms with E-state index < -0.39 is 12.1 Å². The summed E-state index contributed by atoms with van der Waals surface area (Å²) in [7, 11) is 0. The van der Waals surface area contributed by atoms with Gasteiger partial charge in [-0.15, -0.1) is 0 Å². The number of rotatable bonds is 6. The molecule has 1 N–H and O–H groups in total. The van der Waals surface area contributed by atoms with Crippen molar-refractivity contribution in [2.75, 3.05) is 26.3 Å². The van der Waals surface area contributed by atoms with E-state index in [0.717, 1.165) is 44.8 Å². The number of hydrogen-bond acceptors (Lipinski definition) is 6. The molecule has 2 fully saturated rings. The lowest BCUT2D eigenvalue weighted by atomic mass is 9.79. The highest BCUT2D eigenvalue weighted by molar-refractivity contribution is 5.73. The Bertz CT molecular complexity index is 793. The van der Waals surface area contributed by atoms with Gasteiger partial charge in [-0.1, -0.05) is 6.07 Å². The van der Waals surface area contributed by atoms with Crippen molar-refractivity contribution in [1.82, 2.24) is 9.88 Å². The van der Waals surface area contributed by atoms with E-state index in [9.17, 15) is 13.2 Å². The molecular formula is C20H23F3N2O5. The summed E-state index contributed by atoms with van der Waals surface area (Å²) < 4.78 is 49.0. The molecule has 7 nitrogen and oxygen atoms in total. The zero-order valence-corrected chi connectivity index (χ0v) is 16.2. The Kier molecular flexibility index (Phi) is 6.99. The Morgan fingerprint density at radius 2 is 2.07 bits per heavy atom. The van der Waals surface area contributed by atoms with Gasteiger partial charge in [0.05, 0.1) is 25.0 Å². The average molecular weight is 428 g/mol. The van der Waals surface area contributed by atoms with Crippen LogP contribution in [0.15, 0.2) is 47.2 Å². The van der Waals surface area contributed by atoms with Crippen molar-refractivity contribution in [3.8, 4) is 5.88 Å². The molecule has 0 aromatic carbocycles. The molecule has 1 atom stereocenters. The summed E-state index contributed by atoms with van der Waals surface area (Å²) in [6.45, 7) is 4.41. The minimum Gasteiger partial charge on any atom is -0.478 e. The maximum absolute atomic E-state index is 10.6. The van der Waals surface area contributed by atoms with Gasteiger partial charge in [-0.2, -0.15) is 13.2 Å². The topological polar surface area (TPSA) is 85.0 Å². The third kappa shape index (κ3) is 5.73. The molecule has 2 aromatic rings. The zero-order valence-electron chi connectivity index (χ0n) is 16.2. The number of likely N-dealkylation sites (tertiary alicyclic amines) is 1. The summed E-state index contributed by atoms with van der Waals surface area (Å²) in [4.78, 5) is 15.5. The summed E-state index contributed by atoms with van der Waals surface area (Å²) in [5, 5.41) is 7.12. The lowest BCUT2D eigenvalue weighted by molar-refractivity contribution is -0.192. The number of aromatic nitrogens is 1. The first kappa shape index (κ1) is 22.1. The van der Waals surface area contributed by atoms with E-state index in [-0.39, 0.29) is 5.60 Å². The Morgan fingerprint density at radius 3 is 2.67 bits per heavy atom. The fourth-order valence-corrected chi connectivity index (χ4v) is 3.73. The fourth-order valence-electron chi connectivity index (χ4n) is 3.73. The molecule has 0 saturated carbocycles. The number of carboxylic acids is 1. The number of pyridine rings is 1. The molecule has 0 bridgehead atoms.